The molecule has 1 fully saturated rings. The molecule has 0 atom stereocenters. The van der Waals surface area contributed by atoms with Crippen molar-refractivity contribution < 1.29 is 9.59 Å². The van der Waals surface area contributed by atoms with E-state index in [4.69, 9.17) is 11.6 Å². The van der Waals surface area contributed by atoms with Crippen LogP contribution in [0.5, 0.6) is 0 Å². The Kier molecular flexibility index (Phi) is 6.81. The molecule has 1 aliphatic heterocycles. The minimum Gasteiger partial charge on any atom is -0.335 e. The first kappa shape index (κ1) is 21.3. The van der Waals surface area contributed by atoms with E-state index in [0.29, 0.717) is 34.6 Å². The van der Waals surface area contributed by atoms with Gasteiger partial charge in [0.15, 0.2) is 5.13 Å². The Morgan fingerprint density at radius 3 is 2.39 bits per heavy atom. The molecule has 31 heavy (non-hydrogen) atoms. The van der Waals surface area contributed by atoms with Crippen molar-refractivity contribution in [1.82, 2.24) is 14.8 Å². The number of rotatable bonds is 5. The van der Waals surface area contributed by atoms with E-state index < -0.39 is 6.03 Å². The fourth-order valence-electron chi connectivity index (χ4n) is 3.33. The lowest BCUT2D eigenvalue weighted by molar-refractivity contribution is 0.0623. The summed E-state index contributed by atoms with van der Waals surface area (Å²) in [5, 5.41) is 8.01. The zero-order valence-electron chi connectivity index (χ0n) is 16.8. The van der Waals surface area contributed by atoms with Crippen molar-refractivity contribution in [3.05, 3.63) is 76.3 Å². The van der Waals surface area contributed by atoms with E-state index in [1.165, 1.54) is 16.9 Å². The third kappa shape index (κ3) is 5.81. The Morgan fingerprint density at radius 1 is 0.968 bits per heavy atom. The number of nitrogens with one attached hydrogen (secondary N) is 2. The van der Waals surface area contributed by atoms with Crippen LogP contribution < -0.4 is 10.6 Å². The minimum absolute atomic E-state index is 0.109. The number of hydrogen-bond donors (Lipinski definition) is 2. The highest BCUT2D eigenvalue weighted by molar-refractivity contribution is 7.14. The van der Waals surface area contributed by atoms with Crippen molar-refractivity contribution in [2.45, 2.75) is 6.54 Å². The molecule has 160 valence electrons. The van der Waals surface area contributed by atoms with Gasteiger partial charge in [-0.2, -0.15) is 0 Å². The molecule has 2 N–H and O–H groups in total. The number of carbonyl (C=O) groups is 2. The van der Waals surface area contributed by atoms with Crippen molar-refractivity contribution >= 4 is 45.7 Å². The maximum absolute atomic E-state index is 12.8. The zero-order chi connectivity index (χ0) is 21.6. The van der Waals surface area contributed by atoms with Gasteiger partial charge in [0.2, 0.25) is 0 Å². The van der Waals surface area contributed by atoms with Crippen LogP contribution in [0.2, 0.25) is 5.02 Å². The summed E-state index contributed by atoms with van der Waals surface area (Å²) in [5.74, 6) is -0.109. The normalized spacial score (nSPS) is 14.3. The van der Waals surface area contributed by atoms with Crippen LogP contribution in [0.4, 0.5) is 15.6 Å². The Balaban J connectivity index is 1.27. The second-order valence-electron chi connectivity index (χ2n) is 7.18. The quantitative estimate of drug-likeness (QED) is 0.597. The van der Waals surface area contributed by atoms with E-state index in [0.717, 1.165) is 19.6 Å². The molecule has 9 heteroatoms. The summed E-state index contributed by atoms with van der Waals surface area (Å²) >= 11 is 7.07. The van der Waals surface area contributed by atoms with Crippen molar-refractivity contribution in [3.8, 4) is 0 Å². The van der Waals surface area contributed by atoms with Gasteiger partial charge in [0.1, 0.15) is 5.69 Å². The summed E-state index contributed by atoms with van der Waals surface area (Å²) in [6.45, 7) is 3.83. The first-order valence-electron chi connectivity index (χ1n) is 9.91. The smallest absolute Gasteiger partial charge is 0.325 e. The molecule has 2 aromatic carbocycles. The second-order valence-corrected chi connectivity index (χ2v) is 8.47. The van der Waals surface area contributed by atoms with Gasteiger partial charge in [-0.3, -0.25) is 15.0 Å². The standard InChI is InChI=1S/C22H22ClN5O2S/c23-17-6-8-18(9-7-17)24-21(30)26-22-25-19(15-31-22)20(29)28-12-10-27(11-13-28)14-16-4-2-1-3-5-16/h1-9,15H,10-14H2,(H2,24,25,26,30). The summed E-state index contributed by atoms with van der Waals surface area (Å²) in [7, 11) is 0. The maximum atomic E-state index is 12.8. The third-order valence-corrected chi connectivity index (χ3v) is 5.96. The third-order valence-electron chi connectivity index (χ3n) is 4.95. The van der Waals surface area contributed by atoms with Crippen LogP contribution in [0.15, 0.2) is 60.0 Å². The molecule has 3 amide bonds. The van der Waals surface area contributed by atoms with Gasteiger partial charge in [-0.05, 0) is 29.8 Å². The summed E-state index contributed by atoms with van der Waals surface area (Å²) < 4.78 is 0. The molecule has 1 saturated heterocycles. The van der Waals surface area contributed by atoms with E-state index in [9.17, 15) is 9.59 Å². The van der Waals surface area contributed by atoms with Gasteiger partial charge in [0.25, 0.3) is 5.91 Å². The van der Waals surface area contributed by atoms with Crippen LogP contribution in [0.25, 0.3) is 0 Å². The SMILES string of the molecule is O=C(Nc1ccc(Cl)cc1)Nc1nc(C(=O)N2CCN(Cc3ccccc3)CC2)cs1. The Labute approximate surface area is 189 Å². The van der Waals surface area contributed by atoms with Gasteiger partial charge in [0.05, 0.1) is 0 Å². The number of carbonyl (C=O) groups excluding carboxylic acids is 2. The van der Waals surface area contributed by atoms with Crippen LogP contribution in [0.1, 0.15) is 16.1 Å². The molecule has 0 radical (unpaired) electrons. The predicted octanol–water partition coefficient (Wildman–Crippen LogP) is 4.40. The van der Waals surface area contributed by atoms with Gasteiger partial charge >= 0.3 is 6.03 Å². The largest absolute Gasteiger partial charge is 0.335 e. The number of thiazole rings is 1. The summed E-state index contributed by atoms with van der Waals surface area (Å²) in [4.78, 5) is 33.4. The highest BCUT2D eigenvalue weighted by Crippen LogP contribution is 2.19. The molecule has 0 unspecified atom stereocenters. The molecule has 3 aromatic rings. The van der Waals surface area contributed by atoms with E-state index in [1.807, 2.05) is 23.1 Å². The minimum atomic E-state index is -0.426. The van der Waals surface area contributed by atoms with Gasteiger partial charge in [-0.25, -0.2) is 9.78 Å². The zero-order valence-corrected chi connectivity index (χ0v) is 18.3. The van der Waals surface area contributed by atoms with Crippen LogP contribution >= 0.6 is 22.9 Å². The molecule has 4 rings (SSSR count). The van der Waals surface area contributed by atoms with Gasteiger partial charge in [-0.1, -0.05) is 41.9 Å². The highest BCUT2D eigenvalue weighted by Gasteiger charge is 2.24. The second kappa shape index (κ2) is 9.91. The molecule has 2 heterocycles. The molecule has 7 nitrogen and oxygen atoms in total. The Hall–Kier alpha value is -2.94. The molecule has 0 bridgehead atoms. The summed E-state index contributed by atoms with van der Waals surface area (Å²) in [6.07, 6.45) is 0. The van der Waals surface area contributed by atoms with Gasteiger partial charge < -0.3 is 10.2 Å². The van der Waals surface area contributed by atoms with Crippen LogP contribution in [-0.4, -0.2) is 52.9 Å². The molecular formula is C22H22ClN5O2S. The lowest BCUT2D eigenvalue weighted by Crippen LogP contribution is -2.48. The van der Waals surface area contributed by atoms with Gasteiger partial charge in [0, 0.05) is 48.8 Å². The average Bonchev–Trinajstić information content (AvgIpc) is 3.24. The Morgan fingerprint density at radius 2 is 1.68 bits per heavy atom. The molecular weight excluding hydrogens is 434 g/mol. The van der Waals surface area contributed by atoms with Crippen molar-refractivity contribution in [3.63, 3.8) is 0 Å². The van der Waals surface area contributed by atoms with E-state index in [1.54, 1.807) is 29.6 Å². The molecule has 0 aliphatic carbocycles. The molecule has 0 spiro atoms. The summed E-state index contributed by atoms with van der Waals surface area (Å²) in [6, 6.07) is 16.7. The Bertz CT molecular complexity index is 1030. The average molecular weight is 456 g/mol. The topological polar surface area (TPSA) is 77.6 Å². The maximum Gasteiger partial charge on any atom is 0.325 e. The first-order valence-corrected chi connectivity index (χ1v) is 11.2. The molecule has 1 aromatic heterocycles. The van der Waals surface area contributed by atoms with Gasteiger partial charge in [-0.15, -0.1) is 11.3 Å². The number of anilines is 2. The van der Waals surface area contributed by atoms with Crippen LogP contribution in [-0.2, 0) is 6.54 Å². The van der Waals surface area contributed by atoms with E-state index in [-0.39, 0.29) is 5.91 Å². The first-order chi connectivity index (χ1) is 15.1. The lowest BCUT2D eigenvalue weighted by Gasteiger charge is -2.34. The number of benzene rings is 2. The van der Waals surface area contributed by atoms with Crippen molar-refractivity contribution in [1.29, 1.82) is 0 Å². The number of hydrogen-bond acceptors (Lipinski definition) is 5. The highest BCUT2D eigenvalue weighted by atomic mass is 35.5. The number of urea groups is 1. The molecule has 1 aliphatic rings. The predicted molar refractivity (Wildman–Crippen MR) is 124 cm³/mol. The van der Waals surface area contributed by atoms with Crippen LogP contribution in [0.3, 0.4) is 0 Å². The number of piperazine rings is 1. The van der Waals surface area contributed by atoms with E-state index >= 15 is 0 Å². The lowest BCUT2D eigenvalue weighted by atomic mass is 10.2. The van der Waals surface area contributed by atoms with Crippen molar-refractivity contribution in [2.75, 3.05) is 36.8 Å². The number of amides is 3. The molecule has 0 saturated carbocycles. The monoisotopic (exact) mass is 455 g/mol. The van der Waals surface area contributed by atoms with Crippen LogP contribution in [0, 0.1) is 0 Å². The van der Waals surface area contributed by atoms with Crippen molar-refractivity contribution in [2.24, 2.45) is 0 Å². The number of aromatic nitrogens is 1. The number of nitrogens with zero attached hydrogens (tertiary/aromatic N) is 3. The van der Waals surface area contributed by atoms with E-state index in [2.05, 4.69) is 32.7 Å². The fourth-order valence-corrected chi connectivity index (χ4v) is 4.14. The fraction of sp³-hybridized carbons (Fsp3) is 0.227. The number of halogens is 1. The summed E-state index contributed by atoms with van der Waals surface area (Å²) in [5.41, 5.74) is 2.24.